The van der Waals surface area contributed by atoms with E-state index in [0.29, 0.717) is 23.8 Å². The molecule has 27 heavy (non-hydrogen) atoms. The molecule has 0 aromatic heterocycles. The normalized spacial score (nSPS) is 17.7. The molecule has 2 aromatic rings. The van der Waals surface area contributed by atoms with Crippen molar-refractivity contribution in [1.29, 1.82) is 0 Å². The number of carbonyl (C=O) groups is 1. The maximum atomic E-state index is 13.3. The summed E-state index contributed by atoms with van der Waals surface area (Å²) in [7, 11) is 0. The third-order valence-electron chi connectivity index (χ3n) is 4.74. The summed E-state index contributed by atoms with van der Waals surface area (Å²) in [6.07, 6.45) is 1.11. The molecule has 0 bridgehead atoms. The van der Waals surface area contributed by atoms with Crippen LogP contribution in [0.3, 0.4) is 0 Å². The number of rotatable bonds is 6. The molecule has 6 heteroatoms. The minimum Gasteiger partial charge on any atom is -0.312 e. The van der Waals surface area contributed by atoms with Crippen LogP contribution in [0.5, 0.6) is 0 Å². The van der Waals surface area contributed by atoms with Gasteiger partial charge in [-0.1, -0.05) is 0 Å². The van der Waals surface area contributed by atoms with E-state index in [1.165, 1.54) is 29.2 Å². The topological polar surface area (TPSA) is 35.6 Å². The van der Waals surface area contributed by atoms with Gasteiger partial charge in [0.15, 0.2) is 0 Å². The van der Waals surface area contributed by atoms with E-state index in [1.54, 1.807) is 24.3 Å². The number of piperazine rings is 1. The average molecular weight is 373 g/mol. The first-order chi connectivity index (χ1) is 13.0. The van der Waals surface area contributed by atoms with Gasteiger partial charge in [-0.2, -0.15) is 0 Å². The Morgan fingerprint density at radius 1 is 1.07 bits per heavy atom. The molecule has 0 saturated carbocycles. The summed E-state index contributed by atoms with van der Waals surface area (Å²) in [6, 6.07) is 12.0. The van der Waals surface area contributed by atoms with E-state index in [9.17, 15) is 13.6 Å². The number of benzene rings is 2. The summed E-state index contributed by atoms with van der Waals surface area (Å²) in [5.74, 6) is -0.812. The van der Waals surface area contributed by atoms with Crippen LogP contribution in [-0.4, -0.2) is 43.0 Å². The molecule has 2 aromatic carbocycles. The monoisotopic (exact) mass is 373 g/mol. The summed E-state index contributed by atoms with van der Waals surface area (Å²) in [5.41, 5.74) is 1.15. The molecule has 4 nitrogen and oxygen atoms in total. The summed E-state index contributed by atoms with van der Waals surface area (Å²) in [4.78, 5) is 16.8. The van der Waals surface area contributed by atoms with Gasteiger partial charge < -0.3 is 10.2 Å². The highest BCUT2D eigenvalue weighted by molar-refractivity contribution is 6.00. The molecule has 1 aliphatic heterocycles. The zero-order chi connectivity index (χ0) is 19.2. The van der Waals surface area contributed by atoms with Crippen LogP contribution in [0.2, 0.25) is 0 Å². The molecule has 0 radical (unpaired) electrons. The number of carbonyl (C=O) groups excluding carboxylic acids is 1. The molecule has 1 N–H and O–H groups in total. The molecule has 144 valence electrons. The van der Waals surface area contributed by atoms with E-state index >= 15 is 0 Å². The van der Waals surface area contributed by atoms with E-state index in [0.717, 1.165) is 32.6 Å². The van der Waals surface area contributed by atoms with Gasteiger partial charge >= 0.3 is 0 Å². The Balaban J connectivity index is 1.69. The second-order valence-corrected chi connectivity index (χ2v) is 6.94. The van der Waals surface area contributed by atoms with Crippen molar-refractivity contribution < 1.29 is 13.6 Å². The Bertz CT molecular complexity index is 704. The lowest BCUT2D eigenvalue weighted by Gasteiger charge is -2.32. The van der Waals surface area contributed by atoms with Crippen molar-refractivity contribution in [2.24, 2.45) is 0 Å². The lowest BCUT2D eigenvalue weighted by atomic mass is 10.1. The van der Waals surface area contributed by atoms with Crippen LogP contribution in [0.1, 0.15) is 19.8 Å². The molecule has 0 aliphatic carbocycles. The molecular formula is C21H25F2N3O. The summed E-state index contributed by atoms with van der Waals surface area (Å²) >= 11 is 0. The first-order valence-corrected chi connectivity index (χ1v) is 9.33. The van der Waals surface area contributed by atoms with Gasteiger partial charge in [-0.15, -0.1) is 0 Å². The molecule has 1 aliphatic rings. The number of halogens is 2. The van der Waals surface area contributed by atoms with Crippen LogP contribution in [0, 0.1) is 11.6 Å². The Kier molecular flexibility index (Phi) is 6.53. The fourth-order valence-electron chi connectivity index (χ4n) is 3.40. The maximum Gasteiger partial charge on any atom is 0.231 e. The minimum atomic E-state index is -0.363. The fraction of sp³-hybridized carbons (Fsp3) is 0.381. The standard InChI is InChI=1S/C21H25F2N3O/c1-16-15-25(14-12-24-16)13-2-3-21(27)26(19-8-4-17(22)5-9-19)20-10-6-18(23)7-11-20/h4-11,16,24H,2-3,12-15H2,1H3. The largest absolute Gasteiger partial charge is 0.312 e. The van der Waals surface area contributed by atoms with Crippen molar-refractivity contribution in [2.45, 2.75) is 25.8 Å². The van der Waals surface area contributed by atoms with Crippen molar-refractivity contribution in [3.05, 3.63) is 60.2 Å². The highest BCUT2D eigenvalue weighted by Gasteiger charge is 2.20. The SMILES string of the molecule is CC1CN(CCCC(=O)N(c2ccc(F)cc2)c2ccc(F)cc2)CCN1. The predicted molar refractivity (Wildman–Crippen MR) is 103 cm³/mol. The van der Waals surface area contributed by atoms with Crippen molar-refractivity contribution in [2.75, 3.05) is 31.1 Å². The first-order valence-electron chi connectivity index (χ1n) is 9.33. The molecule has 1 heterocycles. The van der Waals surface area contributed by atoms with Gasteiger partial charge in [-0.05, 0) is 68.4 Å². The molecule has 3 rings (SSSR count). The van der Waals surface area contributed by atoms with Crippen LogP contribution >= 0.6 is 0 Å². The van der Waals surface area contributed by atoms with Crippen molar-refractivity contribution in [3.8, 4) is 0 Å². The second kappa shape index (κ2) is 9.06. The second-order valence-electron chi connectivity index (χ2n) is 6.94. The third-order valence-corrected chi connectivity index (χ3v) is 4.74. The van der Waals surface area contributed by atoms with Crippen LogP contribution < -0.4 is 10.2 Å². The first kappa shape index (κ1) is 19.5. The Morgan fingerprint density at radius 3 is 2.15 bits per heavy atom. The molecule has 1 amide bonds. The number of amides is 1. The van der Waals surface area contributed by atoms with Crippen LogP contribution in [0.4, 0.5) is 20.2 Å². The quantitative estimate of drug-likeness (QED) is 0.839. The van der Waals surface area contributed by atoms with Crippen LogP contribution in [0.15, 0.2) is 48.5 Å². The summed E-state index contributed by atoms with van der Waals surface area (Å²) in [6.45, 7) is 5.94. The molecular weight excluding hydrogens is 348 g/mol. The lowest BCUT2D eigenvalue weighted by Crippen LogP contribution is -2.49. The van der Waals surface area contributed by atoms with E-state index in [1.807, 2.05) is 0 Å². The number of nitrogens with zero attached hydrogens (tertiary/aromatic N) is 2. The number of anilines is 2. The zero-order valence-corrected chi connectivity index (χ0v) is 15.5. The Morgan fingerprint density at radius 2 is 1.63 bits per heavy atom. The molecule has 1 fully saturated rings. The van der Waals surface area contributed by atoms with E-state index in [-0.39, 0.29) is 17.5 Å². The third kappa shape index (κ3) is 5.34. The number of hydrogen-bond acceptors (Lipinski definition) is 3. The van der Waals surface area contributed by atoms with Gasteiger partial charge in [0.1, 0.15) is 11.6 Å². The Hall–Kier alpha value is -2.31. The number of nitrogens with one attached hydrogen (secondary N) is 1. The maximum absolute atomic E-state index is 13.3. The number of hydrogen-bond donors (Lipinski definition) is 1. The van der Waals surface area contributed by atoms with Crippen molar-refractivity contribution in [1.82, 2.24) is 10.2 Å². The fourth-order valence-corrected chi connectivity index (χ4v) is 3.40. The van der Waals surface area contributed by atoms with Gasteiger partial charge in [-0.3, -0.25) is 9.69 Å². The summed E-state index contributed by atoms with van der Waals surface area (Å²) < 4.78 is 26.6. The van der Waals surface area contributed by atoms with Crippen molar-refractivity contribution >= 4 is 17.3 Å². The Labute approximate surface area is 158 Å². The highest BCUT2D eigenvalue weighted by atomic mass is 19.1. The smallest absolute Gasteiger partial charge is 0.231 e. The minimum absolute atomic E-state index is 0.0867. The van der Waals surface area contributed by atoms with Crippen LogP contribution in [-0.2, 0) is 4.79 Å². The van der Waals surface area contributed by atoms with E-state index in [4.69, 9.17) is 0 Å². The predicted octanol–water partition coefficient (Wildman–Crippen LogP) is 3.70. The van der Waals surface area contributed by atoms with Gasteiger partial charge in [0.25, 0.3) is 0 Å². The molecule has 1 saturated heterocycles. The zero-order valence-electron chi connectivity index (χ0n) is 15.5. The average Bonchev–Trinajstić information content (AvgIpc) is 2.65. The molecule has 1 unspecified atom stereocenters. The lowest BCUT2D eigenvalue weighted by molar-refractivity contribution is -0.118. The van der Waals surface area contributed by atoms with Gasteiger partial charge in [-0.25, -0.2) is 8.78 Å². The highest BCUT2D eigenvalue weighted by Crippen LogP contribution is 2.27. The van der Waals surface area contributed by atoms with E-state index in [2.05, 4.69) is 17.1 Å². The van der Waals surface area contributed by atoms with E-state index < -0.39 is 0 Å². The van der Waals surface area contributed by atoms with Gasteiger partial charge in [0, 0.05) is 43.5 Å². The summed E-state index contributed by atoms with van der Waals surface area (Å²) in [5, 5.41) is 3.40. The molecule has 1 atom stereocenters. The molecule has 0 spiro atoms. The van der Waals surface area contributed by atoms with Gasteiger partial charge in [0.05, 0.1) is 0 Å². The van der Waals surface area contributed by atoms with Gasteiger partial charge in [0.2, 0.25) is 5.91 Å². The van der Waals surface area contributed by atoms with Crippen molar-refractivity contribution in [3.63, 3.8) is 0 Å². The van der Waals surface area contributed by atoms with Crippen LogP contribution in [0.25, 0.3) is 0 Å².